The van der Waals surface area contributed by atoms with Crippen LogP contribution in [0.25, 0.3) is 0 Å². The first-order valence-electron chi connectivity index (χ1n) is 6.16. The lowest BCUT2D eigenvalue weighted by atomic mass is 9.65. The third-order valence-corrected chi connectivity index (χ3v) is 4.14. The number of hydrogen-bond acceptors (Lipinski definition) is 3. The van der Waals surface area contributed by atoms with Gasteiger partial charge in [-0.2, -0.15) is 0 Å². The number of aliphatic carboxylic acids is 1. The first-order chi connectivity index (χ1) is 7.67. The molecule has 92 valence electrons. The van der Waals surface area contributed by atoms with Gasteiger partial charge in [0.05, 0.1) is 18.1 Å². The minimum absolute atomic E-state index is 0.126. The second kappa shape index (κ2) is 4.72. The maximum Gasteiger partial charge on any atom is 0.312 e. The molecule has 1 saturated carbocycles. The molecule has 2 fully saturated rings. The van der Waals surface area contributed by atoms with Gasteiger partial charge >= 0.3 is 5.97 Å². The van der Waals surface area contributed by atoms with Gasteiger partial charge in [-0.25, -0.2) is 0 Å². The van der Waals surface area contributed by atoms with Gasteiger partial charge in [-0.1, -0.05) is 12.8 Å². The number of carbonyl (C=O) groups is 1. The molecule has 1 heterocycles. The van der Waals surface area contributed by atoms with Crippen molar-refractivity contribution in [2.45, 2.75) is 44.6 Å². The molecule has 2 rings (SSSR count). The average molecular weight is 228 g/mol. The van der Waals surface area contributed by atoms with Gasteiger partial charge in [0.25, 0.3) is 0 Å². The van der Waals surface area contributed by atoms with Crippen LogP contribution in [-0.2, 0) is 9.53 Å². The van der Waals surface area contributed by atoms with Crippen molar-refractivity contribution in [3.63, 3.8) is 0 Å². The molecular weight excluding hydrogens is 208 g/mol. The Morgan fingerprint density at radius 3 is 2.56 bits per heavy atom. The lowest BCUT2D eigenvalue weighted by Crippen LogP contribution is -2.50. The van der Waals surface area contributed by atoms with Gasteiger partial charge in [0.2, 0.25) is 0 Å². The van der Waals surface area contributed by atoms with E-state index in [1.165, 1.54) is 0 Å². The van der Waals surface area contributed by atoms with Crippen LogP contribution in [0.2, 0.25) is 0 Å². The zero-order valence-electron chi connectivity index (χ0n) is 9.52. The van der Waals surface area contributed by atoms with Gasteiger partial charge in [-0.3, -0.25) is 4.79 Å². The van der Waals surface area contributed by atoms with Crippen LogP contribution in [0.15, 0.2) is 0 Å². The number of carboxylic acids is 1. The minimum Gasteiger partial charge on any atom is -0.481 e. The molecule has 16 heavy (non-hydrogen) atoms. The van der Waals surface area contributed by atoms with Gasteiger partial charge in [-0.05, 0) is 25.7 Å². The molecule has 0 aromatic carbocycles. The van der Waals surface area contributed by atoms with E-state index >= 15 is 0 Å². The number of carboxylic acid groups (broad SMARTS) is 1. The molecule has 0 aromatic rings. The van der Waals surface area contributed by atoms with Gasteiger partial charge in [0.15, 0.2) is 0 Å². The highest BCUT2D eigenvalue weighted by Crippen LogP contribution is 2.44. The molecule has 0 aromatic heterocycles. The van der Waals surface area contributed by atoms with Crippen molar-refractivity contribution in [2.75, 3.05) is 13.2 Å². The van der Waals surface area contributed by atoms with E-state index in [2.05, 4.69) is 0 Å². The van der Waals surface area contributed by atoms with Gasteiger partial charge in [0.1, 0.15) is 0 Å². The van der Waals surface area contributed by atoms with E-state index in [9.17, 15) is 15.0 Å². The second-order valence-corrected chi connectivity index (χ2v) is 5.08. The summed E-state index contributed by atoms with van der Waals surface area (Å²) in [5, 5.41) is 19.5. The van der Waals surface area contributed by atoms with E-state index in [0.29, 0.717) is 13.0 Å². The van der Waals surface area contributed by atoms with Gasteiger partial charge in [0, 0.05) is 12.5 Å². The van der Waals surface area contributed by atoms with Gasteiger partial charge < -0.3 is 14.9 Å². The maximum atomic E-state index is 11.5. The maximum absolute atomic E-state index is 11.5. The zero-order chi connectivity index (χ0) is 11.6. The fraction of sp³-hybridized carbons (Fsp3) is 0.917. The molecule has 0 amide bonds. The summed E-state index contributed by atoms with van der Waals surface area (Å²) in [6.07, 6.45) is 4.55. The van der Waals surface area contributed by atoms with Crippen LogP contribution < -0.4 is 0 Å². The smallest absolute Gasteiger partial charge is 0.312 e. The number of aliphatic hydroxyl groups is 1. The summed E-state index contributed by atoms with van der Waals surface area (Å²) in [4.78, 5) is 11.5. The van der Waals surface area contributed by atoms with Crippen LogP contribution in [0.4, 0.5) is 0 Å². The van der Waals surface area contributed by atoms with E-state index in [-0.39, 0.29) is 12.5 Å². The summed E-state index contributed by atoms with van der Waals surface area (Å²) in [5.74, 6) is -0.919. The molecule has 4 nitrogen and oxygen atoms in total. The Bertz CT molecular complexity index is 258. The normalized spacial score (nSPS) is 40.6. The zero-order valence-corrected chi connectivity index (χ0v) is 9.52. The minimum atomic E-state index is -0.835. The highest BCUT2D eigenvalue weighted by Gasteiger charge is 2.50. The van der Waals surface area contributed by atoms with Crippen LogP contribution >= 0.6 is 0 Å². The van der Waals surface area contributed by atoms with Crippen molar-refractivity contribution in [3.05, 3.63) is 0 Å². The molecule has 0 radical (unpaired) electrons. The van der Waals surface area contributed by atoms with Crippen molar-refractivity contribution < 1.29 is 19.7 Å². The number of hydrogen-bond donors (Lipinski definition) is 2. The summed E-state index contributed by atoms with van der Waals surface area (Å²) in [7, 11) is 0. The van der Waals surface area contributed by atoms with E-state index in [1.54, 1.807) is 0 Å². The summed E-state index contributed by atoms with van der Waals surface area (Å²) >= 11 is 0. The summed E-state index contributed by atoms with van der Waals surface area (Å²) in [5.41, 5.74) is -0.835. The fourth-order valence-corrected chi connectivity index (χ4v) is 3.19. The molecule has 0 spiro atoms. The molecule has 2 N–H and O–H groups in total. The van der Waals surface area contributed by atoms with Crippen LogP contribution in [-0.4, -0.2) is 35.5 Å². The van der Waals surface area contributed by atoms with Crippen LogP contribution in [0.3, 0.4) is 0 Å². The molecule has 1 aliphatic heterocycles. The third kappa shape index (κ3) is 1.96. The quantitative estimate of drug-likeness (QED) is 0.750. The Hall–Kier alpha value is -0.610. The van der Waals surface area contributed by atoms with Crippen LogP contribution in [0.1, 0.15) is 38.5 Å². The highest BCUT2D eigenvalue weighted by molar-refractivity contribution is 5.75. The lowest BCUT2D eigenvalue weighted by molar-refractivity contribution is -0.171. The number of ether oxygens (including phenoxy) is 1. The Kier molecular flexibility index (Phi) is 3.50. The Balaban J connectivity index is 2.19. The Morgan fingerprint density at radius 1 is 1.25 bits per heavy atom. The standard InChI is InChI=1S/C12H20O4/c13-10-5-2-1-4-9(10)12(11(14)15)6-3-7-16-8-12/h9-10,13H,1-8H2,(H,14,15). The van der Waals surface area contributed by atoms with E-state index < -0.39 is 17.5 Å². The number of rotatable bonds is 2. The van der Waals surface area contributed by atoms with E-state index in [1.807, 2.05) is 0 Å². The topological polar surface area (TPSA) is 66.8 Å². The molecule has 1 saturated heterocycles. The average Bonchev–Trinajstić information content (AvgIpc) is 2.30. The first-order valence-corrected chi connectivity index (χ1v) is 6.16. The van der Waals surface area contributed by atoms with Crippen LogP contribution in [0, 0.1) is 11.3 Å². The Morgan fingerprint density at radius 2 is 2.00 bits per heavy atom. The largest absolute Gasteiger partial charge is 0.481 e. The summed E-state index contributed by atoms with van der Waals surface area (Å²) < 4.78 is 5.36. The molecule has 2 aliphatic rings. The lowest BCUT2D eigenvalue weighted by Gasteiger charge is -2.43. The molecule has 4 heteroatoms. The molecule has 3 atom stereocenters. The highest BCUT2D eigenvalue weighted by atomic mass is 16.5. The number of aliphatic hydroxyl groups excluding tert-OH is 1. The predicted molar refractivity (Wildman–Crippen MR) is 58.1 cm³/mol. The molecular formula is C12H20O4. The predicted octanol–water partition coefficient (Wildman–Crippen LogP) is 1.42. The van der Waals surface area contributed by atoms with Crippen molar-refractivity contribution in [1.82, 2.24) is 0 Å². The third-order valence-electron chi connectivity index (χ3n) is 4.14. The molecule has 3 unspecified atom stereocenters. The summed E-state index contributed by atoms with van der Waals surface area (Å²) in [6.45, 7) is 0.919. The Labute approximate surface area is 95.6 Å². The van der Waals surface area contributed by atoms with Gasteiger partial charge in [-0.15, -0.1) is 0 Å². The van der Waals surface area contributed by atoms with Crippen molar-refractivity contribution in [3.8, 4) is 0 Å². The summed E-state index contributed by atoms with van der Waals surface area (Å²) in [6, 6.07) is 0. The first kappa shape index (κ1) is 11.9. The monoisotopic (exact) mass is 228 g/mol. The van der Waals surface area contributed by atoms with Crippen molar-refractivity contribution >= 4 is 5.97 Å². The SMILES string of the molecule is O=C(O)C1(C2CCCCC2O)CCCOC1. The van der Waals surface area contributed by atoms with Crippen LogP contribution in [0.5, 0.6) is 0 Å². The molecule has 1 aliphatic carbocycles. The van der Waals surface area contributed by atoms with E-state index in [4.69, 9.17) is 4.74 Å². The second-order valence-electron chi connectivity index (χ2n) is 5.08. The van der Waals surface area contributed by atoms with Crippen molar-refractivity contribution in [1.29, 1.82) is 0 Å². The van der Waals surface area contributed by atoms with E-state index in [0.717, 1.165) is 32.1 Å². The fourth-order valence-electron chi connectivity index (χ4n) is 3.19. The molecule has 0 bridgehead atoms. The van der Waals surface area contributed by atoms with Crippen molar-refractivity contribution in [2.24, 2.45) is 11.3 Å².